The first-order valence-electron chi connectivity index (χ1n) is 5.01. The van der Waals surface area contributed by atoms with Crippen LogP contribution in [0.3, 0.4) is 0 Å². The fourth-order valence-electron chi connectivity index (χ4n) is 1.62. The van der Waals surface area contributed by atoms with Crippen molar-refractivity contribution in [2.45, 2.75) is 0 Å². The maximum atomic E-state index is 11.1. The van der Waals surface area contributed by atoms with Crippen LogP contribution in [-0.4, -0.2) is 21.3 Å². The quantitative estimate of drug-likeness (QED) is 0.736. The molecule has 0 aliphatic heterocycles. The van der Waals surface area contributed by atoms with Gasteiger partial charge in [-0.15, -0.1) is 0 Å². The zero-order chi connectivity index (χ0) is 13.6. The number of hydrogen-bond donors (Lipinski definition) is 2. The van der Waals surface area contributed by atoms with Crippen molar-refractivity contribution in [1.29, 1.82) is 0 Å². The minimum Gasteiger partial charge on any atom is -0.507 e. The Hall–Kier alpha value is -2.61. The molecule has 0 bridgehead atoms. The van der Waals surface area contributed by atoms with Crippen LogP contribution in [0, 0.1) is 0 Å². The number of carbonyl (C=O) groups is 1. The van der Waals surface area contributed by atoms with Crippen LogP contribution in [0.15, 0.2) is 31.9 Å². The van der Waals surface area contributed by atoms with Gasteiger partial charge in [0, 0.05) is 17.7 Å². The summed E-state index contributed by atoms with van der Waals surface area (Å²) in [6, 6.07) is 3.94. The summed E-state index contributed by atoms with van der Waals surface area (Å²) in [6.45, 7) is 0. The molecule has 3 aromatic rings. The van der Waals surface area contributed by atoms with Crippen LogP contribution >= 0.6 is 11.3 Å². The van der Waals surface area contributed by atoms with E-state index < -0.39 is 10.9 Å². The number of rotatable bonds is 2. The number of benzene rings is 1. The standard InChI is InChI=1S/C11H5NO6S/c13-6-3-9-7(17-11(16)19-9)1-4(6)5-2-8(10(14)15)18-12-5/h1-3,13H,(H,14,15). The Bertz CT molecular complexity index is 842. The summed E-state index contributed by atoms with van der Waals surface area (Å²) in [5, 5.41) is 22.1. The van der Waals surface area contributed by atoms with Crippen molar-refractivity contribution in [2.24, 2.45) is 0 Å². The number of aromatic hydroxyl groups is 1. The molecule has 0 spiro atoms. The molecule has 0 unspecified atom stereocenters. The van der Waals surface area contributed by atoms with Crippen molar-refractivity contribution in [2.75, 3.05) is 0 Å². The lowest BCUT2D eigenvalue weighted by atomic mass is 10.1. The van der Waals surface area contributed by atoms with Gasteiger partial charge in [0.1, 0.15) is 17.0 Å². The van der Waals surface area contributed by atoms with E-state index in [1.165, 1.54) is 18.2 Å². The van der Waals surface area contributed by atoms with Crippen molar-refractivity contribution in [3.63, 3.8) is 0 Å². The average Bonchev–Trinajstić information content (AvgIpc) is 2.92. The van der Waals surface area contributed by atoms with Crippen LogP contribution in [0.1, 0.15) is 10.6 Å². The SMILES string of the molecule is O=C(O)c1cc(-c2cc3oc(=O)sc3cc2O)no1. The molecule has 2 aromatic heterocycles. The van der Waals surface area contributed by atoms with Crippen molar-refractivity contribution >= 4 is 27.6 Å². The molecule has 0 atom stereocenters. The number of hydrogen-bond acceptors (Lipinski definition) is 7. The van der Waals surface area contributed by atoms with Crippen LogP contribution in [0.4, 0.5) is 0 Å². The van der Waals surface area contributed by atoms with E-state index in [9.17, 15) is 14.7 Å². The number of phenols is 1. The first-order chi connectivity index (χ1) is 9.04. The maximum Gasteiger partial charge on any atom is 0.396 e. The molecule has 0 fully saturated rings. The maximum absolute atomic E-state index is 11.1. The minimum absolute atomic E-state index is 0.144. The molecule has 0 saturated heterocycles. The Morgan fingerprint density at radius 2 is 2.11 bits per heavy atom. The summed E-state index contributed by atoms with van der Waals surface area (Å²) in [5.74, 6) is -1.75. The Morgan fingerprint density at radius 3 is 2.79 bits per heavy atom. The molecule has 1 aromatic carbocycles. The summed E-state index contributed by atoms with van der Waals surface area (Å²) in [6.07, 6.45) is 0. The van der Waals surface area contributed by atoms with Gasteiger partial charge in [-0.05, 0) is 6.07 Å². The van der Waals surface area contributed by atoms with Gasteiger partial charge in [-0.1, -0.05) is 16.5 Å². The second-order valence-corrected chi connectivity index (χ2v) is 4.63. The van der Waals surface area contributed by atoms with Crippen LogP contribution in [0.2, 0.25) is 0 Å². The lowest BCUT2D eigenvalue weighted by molar-refractivity contribution is 0.0652. The summed E-state index contributed by atoms with van der Waals surface area (Å²) in [5.41, 5.74) is 0.665. The largest absolute Gasteiger partial charge is 0.507 e. The van der Waals surface area contributed by atoms with Crippen LogP contribution in [0.5, 0.6) is 5.75 Å². The van der Waals surface area contributed by atoms with Gasteiger partial charge in [0.25, 0.3) is 0 Å². The highest BCUT2D eigenvalue weighted by Gasteiger charge is 2.17. The Balaban J connectivity index is 2.20. The van der Waals surface area contributed by atoms with Gasteiger partial charge >= 0.3 is 10.9 Å². The Kier molecular flexibility index (Phi) is 2.39. The lowest BCUT2D eigenvalue weighted by Crippen LogP contribution is -1.91. The molecule has 96 valence electrons. The lowest BCUT2D eigenvalue weighted by Gasteiger charge is -1.99. The number of phenolic OH excluding ortho intramolecular Hbond substituents is 1. The molecular weight excluding hydrogens is 274 g/mol. The highest BCUT2D eigenvalue weighted by Crippen LogP contribution is 2.33. The van der Waals surface area contributed by atoms with Gasteiger partial charge in [0.05, 0.1) is 4.70 Å². The van der Waals surface area contributed by atoms with E-state index in [0.29, 0.717) is 10.3 Å². The molecule has 2 N–H and O–H groups in total. The summed E-state index contributed by atoms with van der Waals surface area (Å²) < 4.78 is 10.0. The number of aromatic nitrogens is 1. The molecule has 0 radical (unpaired) electrons. The molecule has 0 aliphatic carbocycles. The highest BCUT2D eigenvalue weighted by atomic mass is 32.1. The summed E-state index contributed by atoms with van der Waals surface area (Å²) in [4.78, 5) is 21.3. The van der Waals surface area contributed by atoms with Crippen molar-refractivity contribution in [3.05, 3.63) is 33.7 Å². The topological polar surface area (TPSA) is 114 Å². The molecule has 3 rings (SSSR count). The zero-order valence-electron chi connectivity index (χ0n) is 9.11. The monoisotopic (exact) mass is 279 g/mol. The van der Waals surface area contributed by atoms with E-state index in [0.717, 1.165) is 11.3 Å². The fourth-order valence-corrected chi connectivity index (χ4v) is 2.30. The number of nitrogens with zero attached hydrogens (tertiary/aromatic N) is 1. The third kappa shape index (κ3) is 1.87. The molecule has 2 heterocycles. The van der Waals surface area contributed by atoms with E-state index in [1.807, 2.05) is 0 Å². The zero-order valence-corrected chi connectivity index (χ0v) is 9.93. The van der Waals surface area contributed by atoms with Crippen LogP contribution in [0.25, 0.3) is 21.5 Å². The first-order valence-corrected chi connectivity index (χ1v) is 5.83. The molecule has 0 aliphatic rings. The van der Waals surface area contributed by atoms with Gasteiger partial charge in [-0.25, -0.2) is 9.59 Å². The molecule has 0 amide bonds. The number of carboxylic acids is 1. The third-order valence-electron chi connectivity index (χ3n) is 2.45. The highest BCUT2D eigenvalue weighted by molar-refractivity contribution is 7.16. The smallest absolute Gasteiger partial charge is 0.396 e. The predicted molar refractivity (Wildman–Crippen MR) is 64.5 cm³/mol. The number of fused-ring (bicyclic) bond motifs is 1. The third-order valence-corrected chi connectivity index (χ3v) is 3.23. The minimum atomic E-state index is -1.26. The molecule has 7 nitrogen and oxygen atoms in total. The average molecular weight is 279 g/mol. The van der Waals surface area contributed by atoms with Gasteiger partial charge < -0.3 is 19.2 Å². The van der Waals surface area contributed by atoms with Gasteiger partial charge in [0.2, 0.25) is 5.76 Å². The second kappa shape index (κ2) is 3.95. The summed E-state index contributed by atoms with van der Waals surface area (Å²) in [7, 11) is 0. The normalized spacial score (nSPS) is 10.9. The second-order valence-electron chi connectivity index (χ2n) is 3.65. The molecular formula is C11H5NO6S. The van der Waals surface area contributed by atoms with Crippen LogP contribution in [-0.2, 0) is 0 Å². The van der Waals surface area contributed by atoms with Gasteiger partial charge in [0.15, 0.2) is 0 Å². The van der Waals surface area contributed by atoms with Gasteiger partial charge in [-0.3, -0.25) is 0 Å². The molecule has 0 saturated carbocycles. The van der Waals surface area contributed by atoms with E-state index in [4.69, 9.17) is 9.52 Å². The number of carboxylic acid groups (broad SMARTS) is 1. The Morgan fingerprint density at radius 1 is 1.32 bits per heavy atom. The molecule has 19 heavy (non-hydrogen) atoms. The molecule has 8 heteroatoms. The van der Waals surface area contributed by atoms with E-state index in [-0.39, 0.29) is 22.8 Å². The summed E-state index contributed by atoms with van der Waals surface area (Å²) >= 11 is 0.860. The van der Waals surface area contributed by atoms with E-state index in [1.54, 1.807) is 0 Å². The van der Waals surface area contributed by atoms with Crippen molar-refractivity contribution < 1.29 is 23.9 Å². The van der Waals surface area contributed by atoms with Gasteiger partial charge in [-0.2, -0.15) is 0 Å². The van der Waals surface area contributed by atoms with Crippen molar-refractivity contribution in [1.82, 2.24) is 5.16 Å². The number of aromatic carboxylic acids is 1. The van der Waals surface area contributed by atoms with E-state index in [2.05, 4.69) is 9.68 Å². The fraction of sp³-hybridized carbons (Fsp3) is 0. The van der Waals surface area contributed by atoms with Crippen LogP contribution < -0.4 is 4.94 Å². The Labute approximate surface area is 108 Å². The predicted octanol–water partition coefficient (Wildman–Crippen LogP) is 1.91. The first kappa shape index (κ1) is 11.5. The van der Waals surface area contributed by atoms with E-state index >= 15 is 0 Å². The van der Waals surface area contributed by atoms with Crippen molar-refractivity contribution in [3.8, 4) is 17.0 Å².